The van der Waals surface area contributed by atoms with Gasteiger partial charge < -0.3 is 14.8 Å². The molecule has 0 aliphatic carbocycles. The number of carbonyl (C=O) groups is 2. The average Bonchev–Trinajstić information content (AvgIpc) is 3.22. The molecular weight excluding hydrogens is 415 g/mol. The number of anilines is 1. The number of rotatable bonds is 4. The van der Waals surface area contributed by atoms with Crippen molar-refractivity contribution in [2.24, 2.45) is 0 Å². The first kappa shape index (κ1) is 21.1. The van der Waals surface area contributed by atoms with Gasteiger partial charge in [-0.25, -0.2) is 14.7 Å². The summed E-state index contributed by atoms with van der Waals surface area (Å²) < 4.78 is 50.0. The van der Waals surface area contributed by atoms with Crippen LogP contribution in [0.4, 0.5) is 23.7 Å². The van der Waals surface area contributed by atoms with Gasteiger partial charge in [0.1, 0.15) is 11.3 Å². The first-order valence-corrected chi connectivity index (χ1v) is 9.66. The number of amides is 3. The Morgan fingerprint density at radius 3 is 2.68 bits per heavy atom. The zero-order chi connectivity index (χ0) is 22.6. The maximum atomic E-state index is 13.2. The van der Waals surface area contributed by atoms with Crippen molar-refractivity contribution in [1.82, 2.24) is 10.3 Å². The first-order chi connectivity index (χ1) is 14.5. The van der Waals surface area contributed by atoms with Gasteiger partial charge in [-0.05, 0) is 49.6 Å². The molecule has 164 valence electrons. The van der Waals surface area contributed by atoms with Crippen molar-refractivity contribution in [1.29, 1.82) is 0 Å². The molecule has 2 aromatic rings. The van der Waals surface area contributed by atoms with Crippen LogP contribution in [0.1, 0.15) is 43.1 Å². The molecule has 4 rings (SSSR count). The minimum Gasteiger partial charge on any atom is -0.439 e. The van der Waals surface area contributed by atoms with Crippen molar-refractivity contribution in [2.45, 2.75) is 51.6 Å². The van der Waals surface area contributed by atoms with Crippen LogP contribution in [0.5, 0.6) is 11.6 Å². The van der Waals surface area contributed by atoms with Crippen LogP contribution >= 0.6 is 0 Å². The molecular formula is C21H20F3N3O4. The Labute approximate surface area is 176 Å². The number of ether oxygens (including phenoxy) is 2. The number of fused-ring (bicyclic) bond motifs is 1. The summed E-state index contributed by atoms with van der Waals surface area (Å²) in [6.07, 6.45) is -4.76. The van der Waals surface area contributed by atoms with Crippen LogP contribution in [0, 0.1) is 6.92 Å². The van der Waals surface area contributed by atoms with Gasteiger partial charge in [0.25, 0.3) is 5.91 Å². The van der Waals surface area contributed by atoms with Gasteiger partial charge in [0.2, 0.25) is 5.88 Å². The molecule has 2 atom stereocenters. The lowest BCUT2D eigenvalue weighted by Crippen LogP contribution is -2.43. The quantitative estimate of drug-likeness (QED) is 0.714. The van der Waals surface area contributed by atoms with Crippen molar-refractivity contribution in [3.8, 4) is 11.6 Å². The second-order valence-electron chi connectivity index (χ2n) is 7.77. The number of aromatic nitrogens is 1. The predicted molar refractivity (Wildman–Crippen MR) is 104 cm³/mol. The number of urea groups is 1. The first-order valence-electron chi connectivity index (χ1n) is 9.66. The van der Waals surface area contributed by atoms with E-state index >= 15 is 0 Å². The summed E-state index contributed by atoms with van der Waals surface area (Å²) in [5.74, 6) is -0.0569. The zero-order valence-electron chi connectivity index (χ0n) is 17.0. The third-order valence-corrected chi connectivity index (χ3v) is 5.56. The molecule has 0 spiro atoms. The number of pyridine rings is 1. The van der Waals surface area contributed by atoms with Crippen LogP contribution in [0.2, 0.25) is 0 Å². The van der Waals surface area contributed by atoms with Crippen LogP contribution in [0.3, 0.4) is 0 Å². The average molecular weight is 435 g/mol. The second-order valence-corrected chi connectivity index (χ2v) is 7.77. The number of benzene rings is 1. The highest BCUT2D eigenvalue weighted by Crippen LogP contribution is 2.44. The van der Waals surface area contributed by atoms with E-state index in [1.54, 1.807) is 32.9 Å². The lowest BCUT2D eigenvalue weighted by atomic mass is 9.99. The van der Waals surface area contributed by atoms with E-state index in [0.717, 1.165) is 4.90 Å². The molecule has 1 N–H and O–H groups in total. The Bertz CT molecular complexity index is 1070. The number of nitrogens with zero attached hydrogens (tertiary/aromatic N) is 2. The summed E-state index contributed by atoms with van der Waals surface area (Å²) in [6.45, 7) is 5.00. The van der Waals surface area contributed by atoms with Crippen molar-refractivity contribution < 1.29 is 32.2 Å². The molecule has 1 fully saturated rings. The van der Waals surface area contributed by atoms with Gasteiger partial charge in [-0.1, -0.05) is 13.0 Å². The monoisotopic (exact) mass is 435 g/mol. The molecule has 0 radical (unpaired) electrons. The molecule has 1 aromatic carbocycles. The van der Waals surface area contributed by atoms with E-state index in [9.17, 15) is 22.8 Å². The third-order valence-electron chi connectivity index (χ3n) is 5.56. The number of alkyl halides is 3. The summed E-state index contributed by atoms with van der Waals surface area (Å²) in [6, 6.07) is 5.38. The summed E-state index contributed by atoms with van der Waals surface area (Å²) >= 11 is 0. The van der Waals surface area contributed by atoms with Crippen LogP contribution < -0.4 is 15.0 Å². The Hall–Kier alpha value is -3.14. The summed E-state index contributed by atoms with van der Waals surface area (Å²) in [5, 5.41) is 2.67. The van der Waals surface area contributed by atoms with Crippen LogP contribution in [-0.2, 0) is 16.1 Å². The Morgan fingerprint density at radius 2 is 2.06 bits per heavy atom. The molecule has 0 unspecified atom stereocenters. The molecule has 31 heavy (non-hydrogen) atoms. The molecule has 7 nitrogen and oxygen atoms in total. The van der Waals surface area contributed by atoms with Crippen molar-refractivity contribution in [3.05, 3.63) is 47.2 Å². The molecule has 10 heteroatoms. The van der Waals surface area contributed by atoms with Gasteiger partial charge in [0.05, 0.1) is 18.5 Å². The Morgan fingerprint density at radius 1 is 1.32 bits per heavy atom. The molecule has 0 bridgehead atoms. The van der Waals surface area contributed by atoms with Gasteiger partial charge >= 0.3 is 12.2 Å². The number of hydrogen-bond acceptors (Lipinski definition) is 5. The number of hydrogen-bond donors (Lipinski definition) is 1. The van der Waals surface area contributed by atoms with Gasteiger partial charge in [0.15, 0.2) is 6.10 Å². The van der Waals surface area contributed by atoms with Gasteiger partial charge in [-0.3, -0.25) is 4.79 Å². The van der Waals surface area contributed by atoms with Gasteiger partial charge in [-0.2, -0.15) is 13.2 Å². The molecule has 3 amide bonds. The fraction of sp³-hybridized carbons (Fsp3) is 0.381. The minimum atomic E-state index is -4.52. The number of carbonyl (C=O) groups excluding carboxylic acids is 2. The maximum Gasteiger partial charge on any atom is 0.418 e. The highest BCUT2D eigenvalue weighted by molar-refractivity contribution is 6.23. The van der Waals surface area contributed by atoms with Crippen molar-refractivity contribution in [2.75, 3.05) is 4.90 Å². The van der Waals surface area contributed by atoms with E-state index in [-0.39, 0.29) is 35.4 Å². The van der Waals surface area contributed by atoms with E-state index < -0.39 is 23.9 Å². The smallest absolute Gasteiger partial charge is 0.418 e. The van der Waals surface area contributed by atoms with Gasteiger partial charge in [-0.15, -0.1) is 0 Å². The Kier molecular flexibility index (Phi) is 4.92. The van der Waals surface area contributed by atoms with Crippen LogP contribution in [-0.4, -0.2) is 28.6 Å². The number of imide groups is 1. The van der Waals surface area contributed by atoms with E-state index in [4.69, 9.17) is 9.47 Å². The molecule has 3 heterocycles. The highest BCUT2D eigenvalue weighted by atomic mass is 19.4. The molecule has 1 saturated heterocycles. The summed E-state index contributed by atoms with van der Waals surface area (Å²) in [5.41, 5.74) is 0.266. The van der Waals surface area contributed by atoms with Gasteiger partial charge in [0, 0.05) is 5.56 Å². The van der Waals surface area contributed by atoms with Crippen molar-refractivity contribution >= 4 is 17.6 Å². The maximum absolute atomic E-state index is 13.2. The molecule has 2 aliphatic rings. The fourth-order valence-electron chi connectivity index (χ4n) is 3.59. The van der Waals surface area contributed by atoms with E-state index in [2.05, 4.69) is 10.3 Å². The standard InChI is InChI=1S/C21H20F3N3O4/c1-4-20(3)18(28)27(19(29)26-20)13-7-11(2)17(25-9-13)31-14-6-5-12-10-30-16(15(12)8-14)21(22,23)24/h5-9,16H,4,10H2,1-3H3,(H,26,29)/t16-,20+/m0/s1. The van der Waals surface area contributed by atoms with E-state index in [0.29, 0.717) is 17.5 Å². The molecule has 0 saturated carbocycles. The number of halogens is 3. The minimum absolute atomic E-state index is 0.0115. The molecule has 1 aromatic heterocycles. The zero-order valence-corrected chi connectivity index (χ0v) is 17.0. The van der Waals surface area contributed by atoms with Crippen molar-refractivity contribution in [3.63, 3.8) is 0 Å². The van der Waals surface area contributed by atoms with E-state index in [1.807, 2.05) is 0 Å². The summed E-state index contributed by atoms with van der Waals surface area (Å²) in [7, 11) is 0. The normalized spacial score (nSPS) is 23.2. The SMILES string of the molecule is CC[C@@]1(C)NC(=O)N(c2cnc(Oc3ccc4c(c3)[C@@H](C(F)(F)F)OC4)c(C)c2)C1=O. The topological polar surface area (TPSA) is 80.8 Å². The highest BCUT2D eigenvalue weighted by Gasteiger charge is 2.48. The fourth-order valence-corrected chi connectivity index (χ4v) is 3.59. The third kappa shape index (κ3) is 3.60. The predicted octanol–water partition coefficient (Wildman–Crippen LogP) is 4.54. The molecule has 2 aliphatic heterocycles. The van der Waals surface area contributed by atoms with Crippen LogP contribution in [0.25, 0.3) is 0 Å². The largest absolute Gasteiger partial charge is 0.439 e. The lowest BCUT2D eigenvalue weighted by Gasteiger charge is -2.19. The lowest BCUT2D eigenvalue weighted by molar-refractivity contribution is -0.219. The second kappa shape index (κ2) is 7.23. The number of aryl methyl sites for hydroxylation is 1. The van der Waals surface area contributed by atoms with E-state index in [1.165, 1.54) is 18.3 Å². The number of nitrogens with one attached hydrogen (secondary N) is 1. The Balaban J connectivity index is 1.58. The summed E-state index contributed by atoms with van der Waals surface area (Å²) in [4.78, 5) is 30.1. The van der Waals surface area contributed by atoms with Crippen LogP contribution in [0.15, 0.2) is 30.5 Å².